The molecule has 28 heavy (non-hydrogen) atoms. The van der Waals surface area contributed by atoms with Crippen molar-refractivity contribution < 1.29 is 28.6 Å². The normalized spacial score (nSPS) is 10.0. The Morgan fingerprint density at radius 1 is 0.964 bits per heavy atom. The van der Waals surface area contributed by atoms with Crippen molar-refractivity contribution >= 4 is 40.8 Å². The van der Waals surface area contributed by atoms with Gasteiger partial charge in [-0.1, -0.05) is 11.6 Å². The number of carbonyl (C=O) groups excluding carboxylic acids is 3. The molecule has 2 aromatic carbocycles. The van der Waals surface area contributed by atoms with Crippen LogP contribution in [-0.2, 0) is 14.3 Å². The molecule has 0 fully saturated rings. The smallest absolute Gasteiger partial charge is 0.342 e. The summed E-state index contributed by atoms with van der Waals surface area (Å²) in [6.07, 6.45) is 0. The lowest BCUT2D eigenvalue weighted by atomic mass is 10.2. The van der Waals surface area contributed by atoms with Gasteiger partial charge in [0.05, 0.1) is 19.9 Å². The Balaban J connectivity index is 2.05. The fraction of sp³-hybridized carbons (Fsp3) is 0.211. The first-order valence-electron chi connectivity index (χ1n) is 8.10. The van der Waals surface area contributed by atoms with Crippen molar-refractivity contribution in [3.8, 4) is 11.5 Å². The van der Waals surface area contributed by atoms with Crippen LogP contribution in [-0.4, -0.2) is 38.6 Å². The molecule has 0 unspecified atom stereocenters. The molecule has 0 aliphatic carbocycles. The first kappa shape index (κ1) is 21.0. The van der Waals surface area contributed by atoms with Crippen LogP contribution in [0.3, 0.4) is 0 Å². The van der Waals surface area contributed by atoms with Gasteiger partial charge < -0.3 is 24.8 Å². The quantitative estimate of drug-likeness (QED) is 0.685. The minimum Gasteiger partial charge on any atom is -0.496 e. The third-order valence-corrected chi connectivity index (χ3v) is 3.74. The number of esters is 1. The molecule has 0 aromatic heterocycles. The molecule has 0 spiro atoms. The number of anilines is 2. The highest BCUT2D eigenvalue weighted by atomic mass is 35.5. The van der Waals surface area contributed by atoms with E-state index in [1.54, 1.807) is 18.2 Å². The van der Waals surface area contributed by atoms with Crippen molar-refractivity contribution in [3.63, 3.8) is 0 Å². The molecule has 2 N–H and O–H groups in total. The molecule has 0 saturated heterocycles. The van der Waals surface area contributed by atoms with Crippen molar-refractivity contribution in [2.24, 2.45) is 0 Å². The molecule has 2 amide bonds. The Labute approximate surface area is 166 Å². The predicted molar refractivity (Wildman–Crippen MR) is 104 cm³/mol. The van der Waals surface area contributed by atoms with Crippen LogP contribution >= 0.6 is 11.6 Å². The maximum Gasteiger partial charge on any atom is 0.342 e. The summed E-state index contributed by atoms with van der Waals surface area (Å²) in [6, 6.07) is 9.22. The average Bonchev–Trinajstić information content (AvgIpc) is 2.66. The van der Waals surface area contributed by atoms with E-state index < -0.39 is 18.5 Å². The number of rotatable bonds is 7. The Morgan fingerprint density at radius 2 is 1.64 bits per heavy atom. The van der Waals surface area contributed by atoms with Crippen LogP contribution in [0.2, 0.25) is 5.02 Å². The molecule has 0 atom stereocenters. The summed E-state index contributed by atoms with van der Waals surface area (Å²) in [5.41, 5.74) is 0.896. The largest absolute Gasteiger partial charge is 0.496 e. The maximum absolute atomic E-state index is 12.2. The summed E-state index contributed by atoms with van der Waals surface area (Å²) in [5, 5.41) is 5.50. The fourth-order valence-electron chi connectivity index (χ4n) is 2.32. The molecule has 148 valence electrons. The zero-order valence-electron chi connectivity index (χ0n) is 15.5. The predicted octanol–water partition coefficient (Wildman–Crippen LogP) is 3.11. The van der Waals surface area contributed by atoms with Crippen LogP contribution in [0, 0.1) is 0 Å². The zero-order valence-corrected chi connectivity index (χ0v) is 16.3. The summed E-state index contributed by atoms with van der Waals surface area (Å²) < 4.78 is 15.3. The number of nitrogens with one attached hydrogen (secondary N) is 2. The summed E-state index contributed by atoms with van der Waals surface area (Å²) in [5.74, 6) is -0.947. The van der Waals surface area contributed by atoms with E-state index in [4.69, 9.17) is 25.8 Å². The molecule has 0 heterocycles. The van der Waals surface area contributed by atoms with E-state index in [1.807, 2.05) is 0 Å². The van der Waals surface area contributed by atoms with E-state index in [2.05, 4.69) is 10.6 Å². The lowest BCUT2D eigenvalue weighted by Gasteiger charge is -2.13. The molecule has 2 aromatic rings. The first-order chi connectivity index (χ1) is 13.3. The van der Waals surface area contributed by atoms with Gasteiger partial charge in [0, 0.05) is 17.6 Å². The highest BCUT2D eigenvalue weighted by molar-refractivity contribution is 6.31. The van der Waals surface area contributed by atoms with Crippen molar-refractivity contribution in [1.29, 1.82) is 0 Å². The lowest BCUT2D eigenvalue weighted by Crippen LogP contribution is -2.21. The van der Waals surface area contributed by atoms with Crippen molar-refractivity contribution in [3.05, 3.63) is 47.0 Å². The SMILES string of the molecule is COc1ccc(NC(C)=O)cc1NC(=O)COC(=O)c1cc(Cl)ccc1OC. The number of benzene rings is 2. The highest BCUT2D eigenvalue weighted by Crippen LogP contribution is 2.28. The van der Waals surface area contributed by atoms with Gasteiger partial charge in [-0.3, -0.25) is 9.59 Å². The van der Waals surface area contributed by atoms with Gasteiger partial charge in [-0.05, 0) is 36.4 Å². The Kier molecular flexibility index (Phi) is 7.22. The van der Waals surface area contributed by atoms with Gasteiger partial charge in [-0.25, -0.2) is 4.79 Å². The second-order valence-corrected chi connectivity index (χ2v) is 6.00. The lowest BCUT2D eigenvalue weighted by molar-refractivity contribution is -0.119. The van der Waals surface area contributed by atoms with Crippen LogP contribution in [0.4, 0.5) is 11.4 Å². The van der Waals surface area contributed by atoms with Crippen LogP contribution in [0.25, 0.3) is 0 Å². The second-order valence-electron chi connectivity index (χ2n) is 5.57. The summed E-state index contributed by atoms with van der Waals surface area (Å²) in [7, 11) is 2.84. The van der Waals surface area contributed by atoms with Crippen LogP contribution in [0.1, 0.15) is 17.3 Å². The van der Waals surface area contributed by atoms with Gasteiger partial charge in [0.1, 0.15) is 17.1 Å². The van der Waals surface area contributed by atoms with Crippen LogP contribution < -0.4 is 20.1 Å². The van der Waals surface area contributed by atoms with Gasteiger partial charge in [0.25, 0.3) is 5.91 Å². The summed E-state index contributed by atoms with van der Waals surface area (Å²) >= 11 is 5.89. The third kappa shape index (κ3) is 5.62. The standard InChI is InChI=1S/C19H19ClN2O6/c1-11(23)21-13-5-7-17(27-3)15(9-13)22-18(24)10-28-19(25)14-8-12(20)4-6-16(14)26-2/h4-9H,10H2,1-3H3,(H,21,23)(H,22,24). The Hall–Kier alpha value is -3.26. The van der Waals surface area contributed by atoms with Crippen LogP contribution in [0.5, 0.6) is 11.5 Å². The van der Waals surface area contributed by atoms with E-state index in [-0.39, 0.29) is 17.2 Å². The number of halogens is 1. The molecule has 0 saturated carbocycles. The first-order valence-corrected chi connectivity index (χ1v) is 8.48. The molecular weight excluding hydrogens is 388 g/mol. The molecular formula is C19H19ClN2O6. The molecule has 0 radical (unpaired) electrons. The average molecular weight is 407 g/mol. The van der Waals surface area contributed by atoms with Crippen molar-refractivity contribution in [2.75, 3.05) is 31.5 Å². The molecule has 0 aliphatic rings. The van der Waals surface area contributed by atoms with E-state index >= 15 is 0 Å². The molecule has 9 heteroatoms. The minimum atomic E-state index is -0.756. The van der Waals surface area contributed by atoms with Crippen LogP contribution in [0.15, 0.2) is 36.4 Å². The van der Waals surface area contributed by atoms with Gasteiger partial charge in [0.15, 0.2) is 6.61 Å². The topological polar surface area (TPSA) is 103 Å². The fourth-order valence-corrected chi connectivity index (χ4v) is 2.49. The Bertz CT molecular complexity index is 900. The van der Waals surface area contributed by atoms with Gasteiger partial charge in [0.2, 0.25) is 5.91 Å². The molecule has 0 aliphatic heterocycles. The number of hydrogen-bond acceptors (Lipinski definition) is 6. The highest BCUT2D eigenvalue weighted by Gasteiger charge is 2.17. The van der Waals surface area contributed by atoms with E-state index in [0.29, 0.717) is 22.1 Å². The van der Waals surface area contributed by atoms with Crippen molar-refractivity contribution in [2.45, 2.75) is 6.92 Å². The summed E-state index contributed by atoms with van der Waals surface area (Å²) in [6.45, 7) is 0.827. The maximum atomic E-state index is 12.2. The van der Waals surface area contributed by atoms with E-state index in [1.165, 1.54) is 39.3 Å². The molecule has 8 nitrogen and oxygen atoms in total. The van der Waals surface area contributed by atoms with Gasteiger partial charge >= 0.3 is 5.97 Å². The molecule has 0 bridgehead atoms. The van der Waals surface area contributed by atoms with Gasteiger partial charge in [-0.2, -0.15) is 0 Å². The number of amides is 2. The number of methoxy groups -OCH3 is 2. The minimum absolute atomic E-state index is 0.105. The van der Waals surface area contributed by atoms with E-state index in [9.17, 15) is 14.4 Å². The van der Waals surface area contributed by atoms with Crippen molar-refractivity contribution in [1.82, 2.24) is 0 Å². The third-order valence-electron chi connectivity index (χ3n) is 3.51. The second kappa shape index (κ2) is 9.61. The number of carbonyl (C=O) groups is 3. The monoisotopic (exact) mass is 406 g/mol. The zero-order chi connectivity index (χ0) is 20.7. The number of ether oxygens (including phenoxy) is 3. The van der Waals surface area contributed by atoms with Gasteiger partial charge in [-0.15, -0.1) is 0 Å². The molecule has 2 rings (SSSR count). The Morgan fingerprint density at radius 3 is 2.29 bits per heavy atom. The van der Waals surface area contributed by atoms with E-state index in [0.717, 1.165) is 0 Å². The number of hydrogen-bond donors (Lipinski definition) is 2. The summed E-state index contributed by atoms with van der Waals surface area (Å²) in [4.78, 5) is 35.6.